The van der Waals surface area contributed by atoms with Crippen LogP contribution in [-0.4, -0.2) is 72.4 Å². The van der Waals surface area contributed by atoms with E-state index in [0.29, 0.717) is 52.5 Å². The van der Waals surface area contributed by atoms with Gasteiger partial charge in [-0.05, 0) is 73.9 Å². The summed E-state index contributed by atoms with van der Waals surface area (Å²) in [4.78, 5) is 26.1. The lowest BCUT2D eigenvalue weighted by atomic mass is 10.2. The molecule has 4 aromatic rings. The fourth-order valence-corrected chi connectivity index (χ4v) is 7.35. The number of sulfonamides is 1. The van der Waals surface area contributed by atoms with Gasteiger partial charge in [-0.1, -0.05) is 30.3 Å². The molecule has 2 N–H and O–H groups in total. The third-order valence-electron chi connectivity index (χ3n) is 7.44. The van der Waals surface area contributed by atoms with Crippen LogP contribution in [0.2, 0.25) is 0 Å². The number of aryl methyl sites for hydroxylation is 1. The summed E-state index contributed by atoms with van der Waals surface area (Å²) in [6.45, 7) is 2.93. The number of rotatable bonds is 12. The standard InChI is InChI=1S/C32H36N6O6S2/c1-22-8-7-9-24(18-22)34-30(39)21-45-32-36-35-29(38(32)27-19-25(43-2)12-15-28(27)44-3)20-33-31(40)23-10-13-26(14-11-23)46(41,42)37-16-5-4-6-17-37/h7-15,18-19H,4-6,16-17,20-21H2,1-3H3,(H,33,40)(H,34,39). The van der Waals surface area contributed by atoms with Crippen molar-refractivity contribution in [3.05, 3.63) is 83.7 Å². The first kappa shape index (κ1) is 33.0. The number of carbonyl (C=O) groups excluding carboxylic acids is 2. The number of nitrogens with zero attached hydrogens (tertiary/aromatic N) is 4. The maximum Gasteiger partial charge on any atom is 0.251 e. The summed E-state index contributed by atoms with van der Waals surface area (Å²) < 4.78 is 40.3. The number of methoxy groups -OCH3 is 2. The fourth-order valence-electron chi connectivity index (χ4n) is 5.07. The molecular formula is C32H36N6O6S2. The quantitative estimate of drug-likeness (QED) is 0.210. The minimum atomic E-state index is -3.61. The molecule has 3 aromatic carbocycles. The predicted octanol–water partition coefficient (Wildman–Crippen LogP) is 4.43. The van der Waals surface area contributed by atoms with Crippen LogP contribution in [0.15, 0.2) is 76.8 Å². The summed E-state index contributed by atoms with van der Waals surface area (Å²) in [6.07, 6.45) is 2.70. The lowest BCUT2D eigenvalue weighted by Gasteiger charge is -2.25. The van der Waals surface area contributed by atoms with Gasteiger partial charge in [-0.2, -0.15) is 4.31 Å². The highest BCUT2D eigenvalue weighted by Crippen LogP contribution is 2.32. The Morgan fingerprint density at radius 2 is 1.70 bits per heavy atom. The smallest absolute Gasteiger partial charge is 0.251 e. The number of amides is 2. The summed E-state index contributed by atoms with van der Waals surface area (Å²) in [6, 6.07) is 18.7. The van der Waals surface area contributed by atoms with Gasteiger partial charge in [0.05, 0.1) is 37.1 Å². The summed E-state index contributed by atoms with van der Waals surface area (Å²) in [5.74, 6) is 0.865. The second kappa shape index (κ2) is 14.8. The molecule has 1 aliphatic heterocycles. The van der Waals surface area contributed by atoms with Crippen LogP contribution in [0.25, 0.3) is 5.69 Å². The summed E-state index contributed by atoms with van der Waals surface area (Å²) in [7, 11) is -0.525. The zero-order chi connectivity index (χ0) is 32.7. The molecule has 1 aromatic heterocycles. The average molecular weight is 665 g/mol. The van der Waals surface area contributed by atoms with Crippen molar-refractivity contribution in [1.29, 1.82) is 0 Å². The number of thioether (sulfide) groups is 1. The van der Waals surface area contributed by atoms with Crippen molar-refractivity contribution >= 4 is 39.3 Å². The second-order valence-electron chi connectivity index (χ2n) is 10.7. The largest absolute Gasteiger partial charge is 0.497 e. The molecule has 0 saturated carbocycles. The maximum absolute atomic E-state index is 13.1. The van der Waals surface area contributed by atoms with E-state index in [1.54, 1.807) is 29.9 Å². The summed E-state index contributed by atoms with van der Waals surface area (Å²) in [5, 5.41) is 14.8. The van der Waals surface area contributed by atoms with Crippen LogP contribution in [0.4, 0.5) is 5.69 Å². The van der Waals surface area contributed by atoms with E-state index in [1.807, 2.05) is 31.2 Å². The maximum atomic E-state index is 13.1. The van der Waals surface area contributed by atoms with Crippen molar-refractivity contribution < 1.29 is 27.5 Å². The van der Waals surface area contributed by atoms with E-state index in [9.17, 15) is 18.0 Å². The lowest BCUT2D eigenvalue weighted by Crippen LogP contribution is -2.35. The zero-order valence-electron chi connectivity index (χ0n) is 25.9. The molecule has 14 heteroatoms. The summed E-state index contributed by atoms with van der Waals surface area (Å²) >= 11 is 1.18. The van der Waals surface area contributed by atoms with Gasteiger partial charge in [0.2, 0.25) is 15.9 Å². The number of piperidine rings is 1. The summed E-state index contributed by atoms with van der Waals surface area (Å²) in [5.41, 5.74) is 2.58. The van der Waals surface area contributed by atoms with Crippen molar-refractivity contribution in [3.63, 3.8) is 0 Å². The van der Waals surface area contributed by atoms with Crippen LogP contribution in [0.1, 0.15) is 41.0 Å². The molecule has 46 heavy (non-hydrogen) atoms. The van der Waals surface area contributed by atoms with Gasteiger partial charge in [-0.3, -0.25) is 14.2 Å². The van der Waals surface area contributed by atoms with Crippen LogP contribution in [0.3, 0.4) is 0 Å². The Bertz CT molecular complexity index is 1800. The molecule has 0 unspecified atom stereocenters. The first-order valence-corrected chi connectivity index (χ1v) is 17.2. The number of nitrogens with one attached hydrogen (secondary N) is 2. The Labute approximate surface area is 272 Å². The number of hydrogen-bond acceptors (Lipinski definition) is 9. The highest BCUT2D eigenvalue weighted by atomic mass is 32.2. The highest BCUT2D eigenvalue weighted by molar-refractivity contribution is 7.99. The van der Waals surface area contributed by atoms with Crippen LogP contribution in [-0.2, 0) is 21.4 Å². The number of benzene rings is 3. The van der Waals surface area contributed by atoms with E-state index < -0.39 is 15.9 Å². The minimum absolute atomic E-state index is 0.0178. The van der Waals surface area contributed by atoms with E-state index in [1.165, 1.54) is 47.4 Å². The number of aromatic nitrogens is 3. The Kier molecular flexibility index (Phi) is 10.6. The topological polar surface area (TPSA) is 145 Å². The van der Waals surface area contributed by atoms with Crippen molar-refractivity contribution in [2.24, 2.45) is 0 Å². The third-order valence-corrected chi connectivity index (χ3v) is 10.3. The van der Waals surface area contributed by atoms with E-state index in [4.69, 9.17) is 9.47 Å². The van der Waals surface area contributed by atoms with Crippen LogP contribution < -0.4 is 20.1 Å². The second-order valence-corrected chi connectivity index (χ2v) is 13.5. The molecule has 0 bridgehead atoms. The zero-order valence-corrected chi connectivity index (χ0v) is 27.5. The van der Waals surface area contributed by atoms with E-state index in [-0.39, 0.29) is 23.1 Å². The number of ether oxygens (including phenoxy) is 2. The van der Waals surface area contributed by atoms with Crippen molar-refractivity contribution in [2.75, 3.05) is 38.4 Å². The molecule has 1 aliphatic rings. The van der Waals surface area contributed by atoms with Crippen LogP contribution in [0, 0.1) is 6.92 Å². The van der Waals surface area contributed by atoms with E-state index in [2.05, 4.69) is 20.8 Å². The van der Waals surface area contributed by atoms with Gasteiger partial charge in [0.15, 0.2) is 11.0 Å². The van der Waals surface area contributed by atoms with Gasteiger partial charge in [-0.25, -0.2) is 8.42 Å². The number of hydrogen-bond donors (Lipinski definition) is 2. The van der Waals surface area contributed by atoms with Gasteiger partial charge in [0, 0.05) is 30.4 Å². The van der Waals surface area contributed by atoms with Gasteiger partial charge < -0.3 is 20.1 Å². The van der Waals surface area contributed by atoms with Gasteiger partial charge in [0.1, 0.15) is 11.5 Å². The van der Waals surface area contributed by atoms with E-state index >= 15 is 0 Å². The molecule has 1 fully saturated rings. The Morgan fingerprint density at radius 3 is 2.39 bits per heavy atom. The molecule has 5 rings (SSSR count). The Hall–Kier alpha value is -4.40. The first-order chi connectivity index (χ1) is 22.2. The van der Waals surface area contributed by atoms with Crippen molar-refractivity contribution in [2.45, 2.75) is 42.8 Å². The number of carbonyl (C=O) groups is 2. The van der Waals surface area contributed by atoms with Gasteiger partial charge in [-0.15, -0.1) is 10.2 Å². The molecule has 242 valence electrons. The minimum Gasteiger partial charge on any atom is -0.497 e. The monoisotopic (exact) mass is 664 g/mol. The van der Waals surface area contributed by atoms with Gasteiger partial charge in [0.25, 0.3) is 5.91 Å². The van der Waals surface area contributed by atoms with Gasteiger partial charge >= 0.3 is 0 Å². The van der Waals surface area contributed by atoms with E-state index in [0.717, 1.165) is 24.8 Å². The van der Waals surface area contributed by atoms with Crippen molar-refractivity contribution in [1.82, 2.24) is 24.4 Å². The van der Waals surface area contributed by atoms with Crippen molar-refractivity contribution in [3.8, 4) is 17.2 Å². The predicted molar refractivity (Wildman–Crippen MR) is 175 cm³/mol. The lowest BCUT2D eigenvalue weighted by molar-refractivity contribution is -0.113. The SMILES string of the molecule is COc1ccc(OC)c(-n2c(CNC(=O)c3ccc(S(=O)(=O)N4CCCCC4)cc3)nnc2SCC(=O)Nc2cccc(C)c2)c1. The Morgan fingerprint density at radius 1 is 0.935 bits per heavy atom. The molecule has 0 spiro atoms. The molecule has 1 saturated heterocycles. The molecule has 2 amide bonds. The molecule has 12 nitrogen and oxygen atoms in total. The molecule has 0 aliphatic carbocycles. The third kappa shape index (κ3) is 7.69. The Balaban J connectivity index is 1.34. The molecular weight excluding hydrogens is 629 g/mol. The fraction of sp³-hybridized carbons (Fsp3) is 0.312. The van der Waals surface area contributed by atoms with Crippen LogP contribution in [0.5, 0.6) is 11.5 Å². The normalized spacial score (nSPS) is 13.6. The first-order valence-electron chi connectivity index (χ1n) is 14.7. The highest BCUT2D eigenvalue weighted by Gasteiger charge is 2.26. The molecule has 2 heterocycles. The molecule has 0 radical (unpaired) electrons. The average Bonchev–Trinajstić information content (AvgIpc) is 3.48. The van der Waals surface area contributed by atoms with Crippen LogP contribution >= 0.6 is 11.8 Å². The molecule has 0 atom stereocenters. The number of anilines is 1.